The molecule has 2 aromatic carbocycles. The van der Waals surface area contributed by atoms with E-state index >= 15 is 0 Å². The Bertz CT molecular complexity index is 1270. The van der Waals surface area contributed by atoms with Gasteiger partial charge in [-0.2, -0.15) is 0 Å². The van der Waals surface area contributed by atoms with Gasteiger partial charge in [0, 0.05) is 24.6 Å². The highest BCUT2D eigenvalue weighted by molar-refractivity contribution is 7.92. The Morgan fingerprint density at radius 3 is 2.48 bits per heavy atom. The lowest BCUT2D eigenvalue weighted by Crippen LogP contribution is -2.24. The molecule has 33 heavy (non-hydrogen) atoms. The number of amides is 2. The van der Waals surface area contributed by atoms with Gasteiger partial charge in [-0.05, 0) is 43.2 Å². The minimum atomic E-state index is -3.76. The first-order valence-corrected chi connectivity index (χ1v) is 13.0. The van der Waals surface area contributed by atoms with Gasteiger partial charge in [-0.15, -0.1) is 10.2 Å². The SMILES string of the molecule is CCc1ccc(N2C[C@@H](c3nnc(NC(=O)CS(=O)(=O)c4ccc(C)cc4)s3)CC2=O)cc1. The standard InChI is InChI=1S/C23H24N4O4S2/c1-3-16-6-8-18(9-7-16)27-13-17(12-21(27)29)22-25-26-23(32-22)24-20(28)14-33(30,31)19-10-4-15(2)5-11-19/h4-11,17H,3,12-14H2,1-2H3,(H,24,26,28)/t17-/m0/s1. The molecule has 2 amide bonds. The second-order valence-corrected chi connectivity index (χ2v) is 11.0. The van der Waals surface area contributed by atoms with Gasteiger partial charge in [-0.1, -0.05) is 48.1 Å². The van der Waals surface area contributed by atoms with Crippen LogP contribution in [0.15, 0.2) is 53.4 Å². The summed E-state index contributed by atoms with van der Waals surface area (Å²) in [7, 11) is -3.76. The van der Waals surface area contributed by atoms with E-state index in [0.29, 0.717) is 18.0 Å². The molecule has 10 heteroatoms. The van der Waals surface area contributed by atoms with Gasteiger partial charge < -0.3 is 4.90 Å². The first-order valence-electron chi connectivity index (χ1n) is 10.6. The fourth-order valence-corrected chi connectivity index (χ4v) is 5.63. The molecule has 1 aliphatic heterocycles. The summed E-state index contributed by atoms with van der Waals surface area (Å²) in [6.45, 7) is 4.42. The van der Waals surface area contributed by atoms with Crippen molar-refractivity contribution in [3.05, 3.63) is 64.7 Å². The van der Waals surface area contributed by atoms with Gasteiger partial charge in [0.2, 0.25) is 16.9 Å². The molecule has 0 spiro atoms. The van der Waals surface area contributed by atoms with Gasteiger partial charge in [0.25, 0.3) is 0 Å². The maximum absolute atomic E-state index is 12.6. The normalized spacial score (nSPS) is 16.2. The van der Waals surface area contributed by atoms with Crippen LogP contribution in [0, 0.1) is 6.92 Å². The number of hydrogen-bond acceptors (Lipinski definition) is 7. The molecule has 1 atom stereocenters. The summed E-state index contributed by atoms with van der Waals surface area (Å²) in [5.74, 6) is -1.50. The van der Waals surface area contributed by atoms with Gasteiger partial charge in [0.15, 0.2) is 9.84 Å². The number of sulfone groups is 1. The summed E-state index contributed by atoms with van der Waals surface area (Å²) < 4.78 is 24.9. The van der Waals surface area contributed by atoms with Crippen molar-refractivity contribution in [3.8, 4) is 0 Å². The summed E-state index contributed by atoms with van der Waals surface area (Å²) in [6.07, 6.45) is 1.24. The molecule has 1 aromatic heterocycles. The van der Waals surface area contributed by atoms with Crippen molar-refractivity contribution in [2.24, 2.45) is 0 Å². The first kappa shape index (κ1) is 23.1. The van der Waals surface area contributed by atoms with E-state index in [0.717, 1.165) is 29.0 Å². The Morgan fingerprint density at radius 2 is 1.82 bits per heavy atom. The van der Waals surface area contributed by atoms with Crippen molar-refractivity contribution in [2.45, 2.75) is 37.5 Å². The molecule has 1 aliphatic rings. The van der Waals surface area contributed by atoms with Crippen LogP contribution in [0.4, 0.5) is 10.8 Å². The monoisotopic (exact) mass is 484 g/mol. The summed E-state index contributed by atoms with van der Waals surface area (Å²) >= 11 is 1.16. The van der Waals surface area contributed by atoms with Crippen LogP contribution in [0.5, 0.6) is 0 Å². The van der Waals surface area contributed by atoms with Crippen LogP contribution >= 0.6 is 11.3 Å². The number of carbonyl (C=O) groups is 2. The number of benzene rings is 2. The number of nitrogens with zero attached hydrogens (tertiary/aromatic N) is 3. The lowest BCUT2D eigenvalue weighted by Gasteiger charge is -2.16. The molecule has 0 bridgehead atoms. The zero-order valence-electron chi connectivity index (χ0n) is 18.3. The minimum absolute atomic E-state index is 0.00854. The lowest BCUT2D eigenvalue weighted by molar-refractivity contribution is -0.117. The third-order valence-corrected chi connectivity index (χ3v) is 8.15. The highest BCUT2D eigenvalue weighted by Gasteiger charge is 2.34. The third kappa shape index (κ3) is 5.28. The zero-order valence-corrected chi connectivity index (χ0v) is 19.9. The predicted molar refractivity (Wildman–Crippen MR) is 127 cm³/mol. The Kier molecular flexibility index (Phi) is 6.57. The highest BCUT2D eigenvalue weighted by Crippen LogP contribution is 2.34. The molecule has 3 aromatic rings. The predicted octanol–water partition coefficient (Wildman–Crippen LogP) is 3.34. The first-order chi connectivity index (χ1) is 15.7. The average Bonchev–Trinajstić information content (AvgIpc) is 3.40. The van der Waals surface area contributed by atoms with Crippen molar-refractivity contribution in [2.75, 3.05) is 22.5 Å². The molecular formula is C23H24N4O4S2. The number of aromatic nitrogens is 2. The molecule has 172 valence electrons. The van der Waals surface area contributed by atoms with Crippen LogP contribution in [0.25, 0.3) is 0 Å². The number of rotatable bonds is 7. The van der Waals surface area contributed by atoms with Gasteiger partial charge in [0.05, 0.1) is 4.90 Å². The van der Waals surface area contributed by atoms with E-state index in [9.17, 15) is 18.0 Å². The maximum atomic E-state index is 12.6. The molecule has 8 nitrogen and oxygen atoms in total. The molecule has 2 heterocycles. The summed E-state index contributed by atoms with van der Waals surface area (Å²) in [6, 6.07) is 14.3. The number of carbonyl (C=O) groups excluding carboxylic acids is 2. The van der Waals surface area contributed by atoms with Crippen LogP contribution in [0.1, 0.15) is 35.4 Å². The highest BCUT2D eigenvalue weighted by atomic mass is 32.2. The molecular weight excluding hydrogens is 460 g/mol. The lowest BCUT2D eigenvalue weighted by atomic mass is 10.1. The van der Waals surface area contributed by atoms with E-state index in [1.54, 1.807) is 17.0 Å². The Morgan fingerprint density at radius 1 is 1.12 bits per heavy atom. The molecule has 1 fully saturated rings. The second-order valence-electron chi connectivity index (χ2n) is 7.99. The fraction of sp³-hybridized carbons (Fsp3) is 0.304. The maximum Gasteiger partial charge on any atom is 0.241 e. The van der Waals surface area contributed by atoms with E-state index in [1.807, 2.05) is 31.2 Å². The van der Waals surface area contributed by atoms with E-state index in [2.05, 4.69) is 22.4 Å². The minimum Gasteiger partial charge on any atom is -0.312 e. The largest absolute Gasteiger partial charge is 0.312 e. The number of aryl methyl sites for hydroxylation is 2. The van der Waals surface area contributed by atoms with E-state index in [-0.39, 0.29) is 21.9 Å². The Balaban J connectivity index is 1.39. The van der Waals surface area contributed by atoms with Crippen LogP contribution in [-0.4, -0.2) is 42.7 Å². The van der Waals surface area contributed by atoms with Crippen molar-refractivity contribution >= 4 is 43.8 Å². The van der Waals surface area contributed by atoms with E-state index < -0.39 is 21.5 Å². The molecule has 0 aliphatic carbocycles. The van der Waals surface area contributed by atoms with Crippen LogP contribution in [-0.2, 0) is 25.8 Å². The van der Waals surface area contributed by atoms with E-state index in [4.69, 9.17) is 0 Å². The molecule has 1 saturated heterocycles. The van der Waals surface area contributed by atoms with Gasteiger partial charge >= 0.3 is 0 Å². The van der Waals surface area contributed by atoms with Crippen molar-refractivity contribution in [3.63, 3.8) is 0 Å². The van der Waals surface area contributed by atoms with Gasteiger partial charge in [-0.3, -0.25) is 14.9 Å². The Hall–Kier alpha value is -3.11. The fourth-order valence-electron chi connectivity index (χ4n) is 3.64. The molecule has 0 radical (unpaired) electrons. The van der Waals surface area contributed by atoms with Gasteiger partial charge in [0.1, 0.15) is 10.8 Å². The van der Waals surface area contributed by atoms with E-state index in [1.165, 1.54) is 17.7 Å². The van der Waals surface area contributed by atoms with Crippen molar-refractivity contribution < 1.29 is 18.0 Å². The van der Waals surface area contributed by atoms with Gasteiger partial charge in [-0.25, -0.2) is 8.42 Å². The van der Waals surface area contributed by atoms with Crippen molar-refractivity contribution in [1.82, 2.24) is 10.2 Å². The topological polar surface area (TPSA) is 109 Å². The Labute approximate surface area is 196 Å². The van der Waals surface area contributed by atoms with Crippen LogP contribution in [0.2, 0.25) is 0 Å². The molecule has 0 saturated carbocycles. The van der Waals surface area contributed by atoms with Crippen molar-refractivity contribution in [1.29, 1.82) is 0 Å². The smallest absolute Gasteiger partial charge is 0.241 e. The zero-order chi connectivity index (χ0) is 23.6. The third-order valence-electron chi connectivity index (χ3n) is 5.52. The molecule has 0 unspecified atom stereocenters. The molecule has 1 N–H and O–H groups in total. The quantitative estimate of drug-likeness (QED) is 0.551. The van der Waals surface area contributed by atoms with Crippen LogP contribution < -0.4 is 10.2 Å². The average molecular weight is 485 g/mol. The second kappa shape index (κ2) is 9.40. The summed E-state index contributed by atoms with van der Waals surface area (Å²) in [5, 5.41) is 11.5. The number of hydrogen-bond donors (Lipinski definition) is 1. The molecule has 4 rings (SSSR count). The summed E-state index contributed by atoms with van der Waals surface area (Å²) in [5.41, 5.74) is 2.98. The number of nitrogens with one attached hydrogen (secondary N) is 1. The number of anilines is 2. The van der Waals surface area contributed by atoms with Crippen LogP contribution in [0.3, 0.4) is 0 Å². The summed E-state index contributed by atoms with van der Waals surface area (Å²) in [4.78, 5) is 26.7.